The molecule has 0 saturated heterocycles. The summed E-state index contributed by atoms with van der Waals surface area (Å²) in [4.78, 5) is 2.45. The first-order valence-corrected chi connectivity index (χ1v) is 5.83. The molecule has 86 valence electrons. The van der Waals surface area contributed by atoms with E-state index in [1.165, 1.54) is 12.8 Å². The van der Waals surface area contributed by atoms with E-state index in [4.69, 9.17) is 11.0 Å². The van der Waals surface area contributed by atoms with Gasteiger partial charge >= 0.3 is 0 Å². The van der Waals surface area contributed by atoms with Gasteiger partial charge in [0, 0.05) is 31.6 Å². The molecule has 0 heterocycles. The van der Waals surface area contributed by atoms with Crippen molar-refractivity contribution in [2.45, 2.75) is 52.1 Å². The molecule has 1 aliphatic carbocycles. The van der Waals surface area contributed by atoms with Crippen molar-refractivity contribution in [2.24, 2.45) is 11.1 Å². The van der Waals surface area contributed by atoms with Gasteiger partial charge in [-0.05, 0) is 18.3 Å². The summed E-state index contributed by atoms with van der Waals surface area (Å²) in [6.07, 6.45) is 3.17. The van der Waals surface area contributed by atoms with Crippen LogP contribution in [0.5, 0.6) is 0 Å². The molecule has 0 aromatic carbocycles. The van der Waals surface area contributed by atoms with Crippen LogP contribution in [0.3, 0.4) is 0 Å². The first kappa shape index (κ1) is 12.5. The molecule has 1 unspecified atom stereocenters. The minimum absolute atomic E-state index is 0.201. The molecular formula is C12H23N3. The van der Waals surface area contributed by atoms with E-state index in [1.807, 2.05) is 0 Å². The van der Waals surface area contributed by atoms with Gasteiger partial charge in [-0.1, -0.05) is 20.8 Å². The minimum atomic E-state index is 0.201. The lowest BCUT2D eigenvalue weighted by Gasteiger charge is -2.39. The molecule has 0 radical (unpaired) electrons. The summed E-state index contributed by atoms with van der Waals surface area (Å²) in [5.74, 6) is 0. The molecule has 0 aromatic heterocycles. The van der Waals surface area contributed by atoms with Gasteiger partial charge in [0.15, 0.2) is 0 Å². The summed E-state index contributed by atoms with van der Waals surface area (Å²) in [7, 11) is 0. The Morgan fingerprint density at radius 2 is 2.07 bits per heavy atom. The second kappa shape index (κ2) is 4.96. The third-order valence-electron chi connectivity index (χ3n) is 3.12. The fourth-order valence-corrected chi connectivity index (χ4v) is 2.16. The molecule has 2 N–H and O–H groups in total. The molecule has 0 amide bonds. The van der Waals surface area contributed by atoms with E-state index in [0.29, 0.717) is 25.0 Å². The van der Waals surface area contributed by atoms with Crippen molar-refractivity contribution < 1.29 is 0 Å². The Bertz CT molecular complexity index is 232. The van der Waals surface area contributed by atoms with Crippen molar-refractivity contribution in [3.63, 3.8) is 0 Å². The molecule has 1 aliphatic rings. The van der Waals surface area contributed by atoms with E-state index in [0.717, 1.165) is 6.54 Å². The first-order valence-electron chi connectivity index (χ1n) is 5.83. The van der Waals surface area contributed by atoms with Gasteiger partial charge in [-0.3, -0.25) is 4.90 Å². The van der Waals surface area contributed by atoms with Gasteiger partial charge in [-0.15, -0.1) is 0 Å². The van der Waals surface area contributed by atoms with Gasteiger partial charge in [0.1, 0.15) is 0 Å². The maximum absolute atomic E-state index is 8.67. The third kappa shape index (κ3) is 3.48. The molecule has 1 rings (SSSR count). The molecule has 15 heavy (non-hydrogen) atoms. The summed E-state index contributed by atoms with van der Waals surface area (Å²) in [5.41, 5.74) is 6.07. The van der Waals surface area contributed by atoms with Crippen LogP contribution < -0.4 is 5.73 Å². The molecular weight excluding hydrogens is 186 g/mol. The van der Waals surface area contributed by atoms with Crippen LogP contribution >= 0.6 is 0 Å². The average Bonchev–Trinajstić information content (AvgIpc) is 2.93. The van der Waals surface area contributed by atoms with Crippen LogP contribution in [0.15, 0.2) is 0 Å². The van der Waals surface area contributed by atoms with Crippen LogP contribution in [-0.2, 0) is 0 Å². The minimum Gasteiger partial charge on any atom is -0.329 e. The molecule has 0 bridgehead atoms. The quantitative estimate of drug-likeness (QED) is 0.750. The molecule has 0 aromatic rings. The van der Waals surface area contributed by atoms with Crippen LogP contribution in [0, 0.1) is 16.7 Å². The van der Waals surface area contributed by atoms with Gasteiger partial charge in [0.2, 0.25) is 0 Å². The highest BCUT2D eigenvalue weighted by atomic mass is 15.2. The smallest absolute Gasteiger partial charge is 0.0635 e. The van der Waals surface area contributed by atoms with Crippen molar-refractivity contribution >= 4 is 0 Å². The molecule has 3 heteroatoms. The third-order valence-corrected chi connectivity index (χ3v) is 3.12. The van der Waals surface area contributed by atoms with Crippen molar-refractivity contribution in [3.8, 4) is 6.07 Å². The zero-order valence-corrected chi connectivity index (χ0v) is 10.2. The Morgan fingerprint density at radius 3 is 2.40 bits per heavy atom. The molecule has 0 aliphatic heterocycles. The molecule has 1 atom stereocenters. The van der Waals surface area contributed by atoms with Crippen LogP contribution in [0.1, 0.15) is 40.0 Å². The lowest BCUT2D eigenvalue weighted by atomic mass is 9.85. The molecule has 1 fully saturated rings. The van der Waals surface area contributed by atoms with Crippen LogP contribution in [0.25, 0.3) is 0 Å². The monoisotopic (exact) mass is 209 g/mol. The Hall–Kier alpha value is -0.590. The predicted molar refractivity (Wildman–Crippen MR) is 62.3 cm³/mol. The van der Waals surface area contributed by atoms with Gasteiger partial charge in [-0.2, -0.15) is 5.26 Å². The van der Waals surface area contributed by atoms with E-state index < -0.39 is 0 Å². The maximum Gasteiger partial charge on any atom is 0.0635 e. The van der Waals surface area contributed by atoms with E-state index in [1.54, 1.807) is 0 Å². The SMILES string of the molecule is CC(C)(C)C(CN)N(CCC#N)C1CC1. The summed E-state index contributed by atoms with van der Waals surface area (Å²) < 4.78 is 0. The molecule has 1 saturated carbocycles. The Kier molecular flexibility index (Phi) is 4.12. The number of nitrogens with two attached hydrogens (primary N) is 1. The van der Waals surface area contributed by atoms with Gasteiger partial charge in [0.05, 0.1) is 6.07 Å². The van der Waals surface area contributed by atoms with Crippen LogP contribution in [-0.4, -0.2) is 30.1 Å². The van der Waals surface area contributed by atoms with E-state index in [-0.39, 0.29) is 5.41 Å². The Balaban J connectivity index is 2.63. The van der Waals surface area contributed by atoms with Crippen molar-refractivity contribution in [1.29, 1.82) is 5.26 Å². The van der Waals surface area contributed by atoms with Crippen molar-refractivity contribution in [1.82, 2.24) is 4.90 Å². The maximum atomic E-state index is 8.67. The predicted octanol–water partition coefficient (Wildman–Crippen LogP) is 1.74. The number of hydrogen-bond acceptors (Lipinski definition) is 3. The number of rotatable bonds is 5. The van der Waals surface area contributed by atoms with Gasteiger partial charge in [0.25, 0.3) is 0 Å². The zero-order chi connectivity index (χ0) is 11.5. The average molecular weight is 209 g/mol. The van der Waals surface area contributed by atoms with Crippen LogP contribution in [0.4, 0.5) is 0 Å². The van der Waals surface area contributed by atoms with E-state index in [9.17, 15) is 0 Å². The molecule has 3 nitrogen and oxygen atoms in total. The lowest BCUT2D eigenvalue weighted by molar-refractivity contribution is 0.0990. The lowest BCUT2D eigenvalue weighted by Crippen LogP contribution is -2.50. The fraction of sp³-hybridized carbons (Fsp3) is 0.917. The van der Waals surface area contributed by atoms with E-state index in [2.05, 4.69) is 31.7 Å². The summed E-state index contributed by atoms with van der Waals surface area (Å²) in [6.45, 7) is 8.25. The second-order valence-corrected chi connectivity index (χ2v) is 5.49. The number of nitrogens with zero attached hydrogens (tertiary/aromatic N) is 2. The topological polar surface area (TPSA) is 53.0 Å². The zero-order valence-electron chi connectivity index (χ0n) is 10.2. The fourth-order valence-electron chi connectivity index (χ4n) is 2.16. The van der Waals surface area contributed by atoms with Gasteiger partial charge < -0.3 is 5.73 Å². The number of hydrogen-bond donors (Lipinski definition) is 1. The highest BCUT2D eigenvalue weighted by Crippen LogP contribution is 2.34. The first-order chi connectivity index (χ1) is 7.00. The normalized spacial score (nSPS) is 18.9. The van der Waals surface area contributed by atoms with Crippen molar-refractivity contribution in [2.75, 3.05) is 13.1 Å². The largest absolute Gasteiger partial charge is 0.329 e. The van der Waals surface area contributed by atoms with Gasteiger partial charge in [-0.25, -0.2) is 0 Å². The highest BCUT2D eigenvalue weighted by Gasteiger charge is 2.37. The Morgan fingerprint density at radius 1 is 1.47 bits per heavy atom. The van der Waals surface area contributed by atoms with Crippen molar-refractivity contribution in [3.05, 3.63) is 0 Å². The standard InChI is InChI=1S/C12H23N3/c1-12(2,3)11(9-14)15(8-4-7-13)10-5-6-10/h10-11H,4-6,8-9,14H2,1-3H3. The summed E-state index contributed by atoms with van der Waals surface area (Å²) in [5, 5.41) is 8.67. The summed E-state index contributed by atoms with van der Waals surface area (Å²) in [6, 6.07) is 3.32. The summed E-state index contributed by atoms with van der Waals surface area (Å²) >= 11 is 0. The molecule has 0 spiro atoms. The van der Waals surface area contributed by atoms with Crippen LogP contribution in [0.2, 0.25) is 0 Å². The highest BCUT2D eigenvalue weighted by molar-refractivity contribution is 4.94. The Labute approximate surface area is 93.2 Å². The van der Waals surface area contributed by atoms with E-state index >= 15 is 0 Å². The second-order valence-electron chi connectivity index (χ2n) is 5.49. The number of nitriles is 1.